The number of carbonyl (C=O) groups is 1. The topological polar surface area (TPSA) is 95.1 Å². The summed E-state index contributed by atoms with van der Waals surface area (Å²) < 4.78 is 7.45. The number of nitrogens with zero attached hydrogens (tertiary/aromatic N) is 3. The van der Waals surface area contributed by atoms with Crippen LogP contribution in [0.2, 0.25) is 0 Å². The molecule has 116 valence electrons. The number of rotatable bonds is 4. The molecule has 3 N–H and O–H groups in total. The number of nitrogens with one attached hydrogen (secondary N) is 1. The van der Waals surface area contributed by atoms with E-state index in [9.17, 15) is 4.79 Å². The Bertz CT molecular complexity index is 669. The molecule has 7 nitrogen and oxygen atoms in total. The van der Waals surface area contributed by atoms with Crippen LogP contribution in [0.3, 0.4) is 0 Å². The van der Waals surface area contributed by atoms with Crippen molar-refractivity contribution in [2.45, 2.75) is 32.0 Å². The van der Waals surface area contributed by atoms with Gasteiger partial charge in [0.25, 0.3) is 5.91 Å². The lowest BCUT2D eigenvalue weighted by Crippen LogP contribution is -2.30. The van der Waals surface area contributed by atoms with Crippen molar-refractivity contribution >= 4 is 11.6 Å². The second-order valence-electron chi connectivity index (χ2n) is 5.27. The number of hydrogen-bond acceptors (Lipinski definition) is 5. The van der Waals surface area contributed by atoms with E-state index in [1.807, 2.05) is 23.8 Å². The summed E-state index contributed by atoms with van der Waals surface area (Å²) in [6, 6.07) is 3.60. The molecule has 0 saturated carbocycles. The molecule has 1 fully saturated rings. The third-order valence-electron chi connectivity index (χ3n) is 3.76. The molecule has 0 aromatic carbocycles. The van der Waals surface area contributed by atoms with Crippen molar-refractivity contribution in [3.8, 4) is 5.82 Å². The number of anilines is 1. The first-order valence-electron chi connectivity index (χ1n) is 7.30. The number of aryl methyl sites for hydroxylation is 1. The van der Waals surface area contributed by atoms with Crippen LogP contribution in [0.25, 0.3) is 5.82 Å². The molecule has 0 bridgehead atoms. The molecule has 0 aliphatic carbocycles. The Kier molecular flexibility index (Phi) is 4.17. The van der Waals surface area contributed by atoms with Crippen molar-refractivity contribution in [3.05, 3.63) is 36.5 Å². The van der Waals surface area contributed by atoms with Gasteiger partial charge in [-0.05, 0) is 31.9 Å². The van der Waals surface area contributed by atoms with Gasteiger partial charge in [0.15, 0.2) is 5.82 Å². The molecule has 1 aliphatic heterocycles. The number of imidazole rings is 1. The van der Waals surface area contributed by atoms with E-state index in [1.54, 1.807) is 18.5 Å². The largest absolute Gasteiger partial charge is 0.364 e. The zero-order chi connectivity index (χ0) is 15.5. The lowest BCUT2D eigenvalue weighted by atomic mass is 10.2. The highest BCUT2D eigenvalue weighted by Gasteiger charge is 2.30. The minimum absolute atomic E-state index is 0.0278. The second-order valence-corrected chi connectivity index (χ2v) is 5.27. The summed E-state index contributed by atoms with van der Waals surface area (Å²) in [7, 11) is 0. The van der Waals surface area contributed by atoms with Crippen molar-refractivity contribution in [1.82, 2.24) is 14.5 Å². The Morgan fingerprint density at radius 2 is 2.32 bits per heavy atom. The van der Waals surface area contributed by atoms with Crippen LogP contribution in [0, 0.1) is 6.92 Å². The third-order valence-corrected chi connectivity index (χ3v) is 3.76. The van der Waals surface area contributed by atoms with Gasteiger partial charge in [-0.3, -0.25) is 9.36 Å². The molecule has 2 aromatic heterocycles. The Morgan fingerprint density at radius 3 is 3.00 bits per heavy atom. The van der Waals surface area contributed by atoms with Crippen molar-refractivity contribution in [2.24, 2.45) is 5.73 Å². The van der Waals surface area contributed by atoms with Gasteiger partial charge in [-0.15, -0.1) is 0 Å². The quantitative estimate of drug-likeness (QED) is 0.879. The predicted octanol–water partition coefficient (Wildman–Crippen LogP) is 1.02. The van der Waals surface area contributed by atoms with Gasteiger partial charge in [0, 0.05) is 25.1 Å². The molecule has 22 heavy (non-hydrogen) atoms. The van der Waals surface area contributed by atoms with Crippen molar-refractivity contribution in [3.63, 3.8) is 0 Å². The van der Waals surface area contributed by atoms with Gasteiger partial charge in [0.05, 0.1) is 11.8 Å². The highest BCUT2D eigenvalue weighted by molar-refractivity contribution is 5.95. The highest BCUT2D eigenvalue weighted by atomic mass is 16.5. The molecular formula is C15H19N5O2. The Balaban J connectivity index is 1.79. The molecule has 1 aliphatic rings. The van der Waals surface area contributed by atoms with E-state index < -0.39 is 6.10 Å². The molecular weight excluding hydrogens is 282 g/mol. The Morgan fingerprint density at radius 1 is 1.45 bits per heavy atom. The van der Waals surface area contributed by atoms with Crippen molar-refractivity contribution in [2.75, 3.05) is 11.9 Å². The molecule has 7 heteroatoms. The fourth-order valence-electron chi connectivity index (χ4n) is 2.57. The maximum absolute atomic E-state index is 12.4. The molecule has 2 aromatic rings. The maximum atomic E-state index is 12.4. The van der Waals surface area contributed by atoms with Crippen LogP contribution in [0.1, 0.15) is 18.7 Å². The average Bonchev–Trinajstić information content (AvgIpc) is 3.16. The molecule has 3 heterocycles. The van der Waals surface area contributed by atoms with Crippen molar-refractivity contribution in [1.29, 1.82) is 0 Å². The van der Waals surface area contributed by atoms with Gasteiger partial charge < -0.3 is 15.8 Å². The smallest absolute Gasteiger partial charge is 0.253 e. The van der Waals surface area contributed by atoms with Crippen LogP contribution >= 0.6 is 0 Å². The number of nitrogens with two attached hydrogens (primary N) is 1. The second kappa shape index (κ2) is 6.25. The van der Waals surface area contributed by atoms with E-state index in [0.717, 1.165) is 12.2 Å². The van der Waals surface area contributed by atoms with E-state index in [1.165, 1.54) is 0 Å². The van der Waals surface area contributed by atoms with Crippen LogP contribution in [0.4, 0.5) is 5.69 Å². The van der Waals surface area contributed by atoms with Crippen LogP contribution < -0.4 is 11.1 Å². The number of carbonyl (C=O) groups excluding carboxylic acids is 1. The van der Waals surface area contributed by atoms with Crippen LogP contribution in [0.15, 0.2) is 30.7 Å². The van der Waals surface area contributed by atoms with Gasteiger partial charge in [-0.25, -0.2) is 9.97 Å². The van der Waals surface area contributed by atoms with Crippen LogP contribution in [-0.2, 0) is 9.53 Å². The molecule has 1 saturated heterocycles. The van der Waals surface area contributed by atoms with Crippen LogP contribution in [-0.4, -0.2) is 39.2 Å². The van der Waals surface area contributed by atoms with E-state index in [-0.39, 0.29) is 12.0 Å². The number of pyridine rings is 1. The SMILES string of the molecule is Cc1nccn1-c1ncccc1NC(=O)[C@@H]1CC[C@H](CN)O1. The maximum Gasteiger partial charge on any atom is 0.253 e. The first kappa shape index (κ1) is 14.7. The zero-order valence-electron chi connectivity index (χ0n) is 12.4. The summed E-state index contributed by atoms with van der Waals surface area (Å²) in [4.78, 5) is 20.9. The molecule has 3 rings (SSSR count). The van der Waals surface area contributed by atoms with E-state index in [2.05, 4.69) is 15.3 Å². The fourth-order valence-corrected chi connectivity index (χ4v) is 2.57. The minimum Gasteiger partial charge on any atom is -0.364 e. The summed E-state index contributed by atoms with van der Waals surface area (Å²) in [5, 5.41) is 2.90. The number of hydrogen-bond donors (Lipinski definition) is 2. The van der Waals surface area contributed by atoms with Crippen LogP contribution in [0.5, 0.6) is 0 Å². The first-order chi connectivity index (χ1) is 10.7. The zero-order valence-corrected chi connectivity index (χ0v) is 12.4. The molecule has 0 unspecified atom stereocenters. The predicted molar refractivity (Wildman–Crippen MR) is 81.7 cm³/mol. The Hall–Kier alpha value is -2.25. The molecule has 2 atom stereocenters. The van der Waals surface area contributed by atoms with Gasteiger partial charge >= 0.3 is 0 Å². The summed E-state index contributed by atoms with van der Waals surface area (Å²) in [6.45, 7) is 2.32. The first-order valence-corrected chi connectivity index (χ1v) is 7.30. The number of amides is 1. The van der Waals surface area contributed by atoms with Gasteiger partial charge in [0.1, 0.15) is 11.9 Å². The van der Waals surface area contributed by atoms with Gasteiger partial charge in [-0.1, -0.05) is 0 Å². The average molecular weight is 301 g/mol. The summed E-state index contributed by atoms with van der Waals surface area (Å²) in [5.74, 6) is 1.27. The third kappa shape index (κ3) is 2.86. The molecule has 0 spiro atoms. The number of aromatic nitrogens is 3. The standard InChI is InChI=1S/C15H19N5O2/c1-10-17-7-8-20(10)14-12(3-2-6-18-14)19-15(21)13-5-4-11(9-16)22-13/h2-3,6-8,11,13H,4-5,9,16H2,1H3,(H,19,21)/t11-,13+/m1/s1. The number of ether oxygens (including phenoxy) is 1. The van der Waals surface area contributed by atoms with Gasteiger partial charge in [-0.2, -0.15) is 0 Å². The minimum atomic E-state index is -0.453. The fraction of sp³-hybridized carbons (Fsp3) is 0.400. The summed E-state index contributed by atoms with van der Waals surface area (Å²) >= 11 is 0. The normalized spacial score (nSPS) is 21.0. The van der Waals surface area contributed by atoms with E-state index >= 15 is 0 Å². The van der Waals surface area contributed by atoms with Crippen molar-refractivity contribution < 1.29 is 9.53 Å². The van der Waals surface area contributed by atoms with E-state index in [0.29, 0.717) is 24.5 Å². The summed E-state index contributed by atoms with van der Waals surface area (Å²) in [5.41, 5.74) is 6.21. The highest BCUT2D eigenvalue weighted by Crippen LogP contribution is 2.23. The Labute approximate surface area is 128 Å². The molecule has 1 amide bonds. The summed E-state index contributed by atoms with van der Waals surface area (Å²) in [6.07, 6.45) is 6.21. The monoisotopic (exact) mass is 301 g/mol. The lowest BCUT2D eigenvalue weighted by Gasteiger charge is -2.15. The van der Waals surface area contributed by atoms with E-state index in [4.69, 9.17) is 10.5 Å². The lowest BCUT2D eigenvalue weighted by molar-refractivity contribution is -0.126. The van der Waals surface area contributed by atoms with Gasteiger partial charge in [0.2, 0.25) is 0 Å². The molecule has 0 radical (unpaired) electrons.